The lowest BCUT2D eigenvalue weighted by atomic mass is 10.2. The third kappa shape index (κ3) is 2.68. The van der Waals surface area contributed by atoms with E-state index in [4.69, 9.17) is 18.0 Å². The summed E-state index contributed by atoms with van der Waals surface area (Å²) in [7, 11) is 0. The van der Waals surface area contributed by atoms with Crippen molar-refractivity contribution in [3.63, 3.8) is 0 Å². The van der Waals surface area contributed by atoms with E-state index in [1.807, 2.05) is 37.3 Å². The topological polar surface area (TPSA) is 50.9 Å². The summed E-state index contributed by atoms with van der Waals surface area (Å²) >= 11 is 8.49. The largest absolute Gasteiger partial charge is 0.388 e. The van der Waals surface area contributed by atoms with Gasteiger partial charge in [-0.3, -0.25) is 4.98 Å². The molecular weight excluding hydrogens is 310 g/mol. The summed E-state index contributed by atoms with van der Waals surface area (Å²) in [5.41, 5.74) is 9.19. The minimum atomic E-state index is 0.283. The molecule has 2 rings (SSSR count). The lowest BCUT2D eigenvalue weighted by molar-refractivity contribution is 1.28. The predicted octanol–water partition coefficient (Wildman–Crippen LogP) is 3.53. The van der Waals surface area contributed by atoms with E-state index in [1.165, 1.54) is 0 Å². The highest BCUT2D eigenvalue weighted by Gasteiger charge is 2.08. The van der Waals surface area contributed by atoms with Crippen molar-refractivity contribution in [3.8, 4) is 0 Å². The third-order valence-corrected chi connectivity index (χ3v) is 3.63. The van der Waals surface area contributed by atoms with Gasteiger partial charge in [0.15, 0.2) is 0 Å². The Morgan fingerprint density at radius 1 is 1.28 bits per heavy atom. The molecule has 0 saturated heterocycles. The highest BCUT2D eigenvalue weighted by Crippen LogP contribution is 2.27. The summed E-state index contributed by atoms with van der Waals surface area (Å²) in [6, 6.07) is 9.71. The summed E-state index contributed by atoms with van der Waals surface area (Å²) in [6.45, 7) is 2.03. The van der Waals surface area contributed by atoms with Gasteiger partial charge in [0.25, 0.3) is 0 Å². The smallest absolute Gasteiger partial charge is 0.124 e. The zero-order valence-corrected chi connectivity index (χ0v) is 12.2. The average molecular weight is 322 g/mol. The van der Waals surface area contributed by atoms with Crippen LogP contribution in [0.3, 0.4) is 0 Å². The maximum Gasteiger partial charge on any atom is 0.124 e. The van der Waals surface area contributed by atoms with Gasteiger partial charge in [0.1, 0.15) is 10.7 Å². The first kappa shape index (κ1) is 13.0. The van der Waals surface area contributed by atoms with Gasteiger partial charge < -0.3 is 11.1 Å². The van der Waals surface area contributed by atoms with Gasteiger partial charge in [-0.1, -0.05) is 34.2 Å². The lowest BCUT2D eigenvalue weighted by Gasteiger charge is -2.13. The average Bonchev–Trinajstić information content (AvgIpc) is 2.35. The Balaban J connectivity index is 2.40. The first-order valence-electron chi connectivity index (χ1n) is 5.36. The Kier molecular flexibility index (Phi) is 3.93. The van der Waals surface area contributed by atoms with Crippen molar-refractivity contribution in [2.75, 3.05) is 5.32 Å². The standard InChI is InChI=1S/C13H12BrN3S/c1-8-9(14)4-2-5-10(8)17-11-6-3-7-16-12(11)13(15)18/h2-7,17H,1H3,(H2,15,18). The molecule has 0 aliphatic rings. The molecule has 0 aliphatic carbocycles. The molecule has 0 radical (unpaired) electrons. The fourth-order valence-corrected chi connectivity index (χ4v) is 2.12. The molecule has 3 N–H and O–H groups in total. The Morgan fingerprint density at radius 2 is 2.00 bits per heavy atom. The minimum absolute atomic E-state index is 0.283. The van der Waals surface area contributed by atoms with Crippen LogP contribution in [-0.2, 0) is 0 Å². The summed E-state index contributed by atoms with van der Waals surface area (Å²) in [4.78, 5) is 4.47. The second kappa shape index (κ2) is 5.46. The van der Waals surface area contributed by atoms with Gasteiger partial charge in [0, 0.05) is 16.4 Å². The molecule has 3 nitrogen and oxygen atoms in total. The van der Waals surface area contributed by atoms with E-state index in [9.17, 15) is 0 Å². The van der Waals surface area contributed by atoms with Crippen molar-refractivity contribution in [2.24, 2.45) is 5.73 Å². The molecule has 5 heteroatoms. The van der Waals surface area contributed by atoms with E-state index < -0.39 is 0 Å². The number of aromatic nitrogens is 1. The molecule has 0 unspecified atom stereocenters. The number of nitrogens with zero attached hydrogens (tertiary/aromatic N) is 1. The molecule has 0 fully saturated rings. The fraction of sp³-hybridized carbons (Fsp3) is 0.0769. The van der Waals surface area contributed by atoms with Gasteiger partial charge in [-0.15, -0.1) is 0 Å². The van der Waals surface area contributed by atoms with Crippen LogP contribution in [0.4, 0.5) is 11.4 Å². The van der Waals surface area contributed by atoms with Crippen molar-refractivity contribution < 1.29 is 0 Å². The molecule has 1 aromatic heterocycles. The highest BCUT2D eigenvalue weighted by molar-refractivity contribution is 9.10. The maximum absolute atomic E-state index is 5.66. The molecule has 0 amide bonds. The van der Waals surface area contributed by atoms with Gasteiger partial charge >= 0.3 is 0 Å². The van der Waals surface area contributed by atoms with E-state index in [1.54, 1.807) is 6.20 Å². The molecule has 92 valence electrons. The van der Waals surface area contributed by atoms with Gasteiger partial charge in [-0.25, -0.2) is 0 Å². The Labute approximate surface area is 120 Å². The number of rotatable bonds is 3. The number of hydrogen-bond acceptors (Lipinski definition) is 3. The minimum Gasteiger partial charge on any atom is -0.388 e. The van der Waals surface area contributed by atoms with Gasteiger partial charge in [0.2, 0.25) is 0 Å². The van der Waals surface area contributed by atoms with Crippen LogP contribution in [0.25, 0.3) is 0 Å². The van der Waals surface area contributed by atoms with E-state index >= 15 is 0 Å². The molecule has 0 saturated carbocycles. The van der Waals surface area contributed by atoms with E-state index in [2.05, 4.69) is 26.2 Å². The summed E-state index contributed by atoms with van der Waals surface area (Å²) in [5.74, 6) is 0. The summed E-state index contributed by atoms with van der Waals surface area (Å²) in [6.07, 6.45) is 1.67. The van der Waals surface area contributed by atoms with Crippen molar-refractivity contribution in [2.45, 2.75) is 6.92 Å². The molecule has 0 aliphatic heterocycles. The van der Waals surface area contributed by atoms with E-state index in [-0.39, 0.29) is 4.99 Å². The number of halogens is 1. The molecule has 0 bridgehead atoms. The normalized spacial score (nSPS) is 10.1. The van der Waals surface area contributed by atoms with Crippen LogP contribution in [0.5, 0.6) is 0 Å². The second-order valence-electron chi connectivity index (χ2n) is 3.80. The molecule has 1 heterocycles. The van der Waals surface area contributed by atoms with Gasteiger partial charge in [-0.05, 0) is 36.8 Å². The van der Waals surface area contributed by atoms with Crippen LogP contribution in [0, 0.1) is 6.92 Å². The fourth-order valence-electron chi connectivity index (χ4n) is 1.59. The maximum atomic E-state index is 5.66. The Bertz CT molecular complexity index is 599. The Morgan fingerprint density at radius 3 is 2.72 bits per heavy atom. The SMILES string of the molecule is Cc1c(Br)cccc1Nc1cccnc1C(N)=S. The lowest BCUT2D eigenvalue weighted by Crippen LogP contribution is -2.14. The van der Waals surface area contributed by atoms with E-state index in [0.29, 0.717) is 5.69 Å². The quantitative estimate of drug-likeness (QED) is 0.849. The molecule has 18 heavy (non-hydrogen) atoms. The molecule has 0 spiro atoms. The molecule has 0 atom stereocenters. The number of hydrogen-bond donors (Lipinski definition) is 2. The van der Waals surface area contributed by atoms with Crippen molar-refractivity contribution >= 4 is 44.5 Å². The first-order chi connectivity index (χ1) is 8.59. The monoisotopic (exact) mass is 321 g/mol. The van der Waals surface area contributed by atoms with Gasteiger partial charge in [-0.2, -0.15) is 0 Å². The second-order valence-corrected chi connectivity index (χ2v) is 5.10. The number of nitrogens with two attached hydrogens (primary N) is 1. The summed E-state index contributed by atoms with van der Waals surface area (Å²) in [5, 5.41) is 3.30. The van der Waals surface area contributed by atoms with Crippen molar-refractivity contribution in [3.05, 3.63) is 52.3 Å². The van der Waals surface area contributed by atoms with Crippen LogP contribution >= 0.6 is 28.1 Å². The predicted molar refractivity (Wildman–Crippen MR) is 82.3 cm³/mol. The van der Waals surface area contributed by atoms with Crippen LogP contribution in [0.15, 0.2) is 41.0 Å². The molecule has 2 aromatic rings. The number of anilines is 2. The molecular formula is C13H12BrN3S. The number of pyridine rings is 1. The molecule has 1 aromatic carbocycles. The first-order valence-corrected chi connectivity index (χ1v) is 6.56. The third-order valence-electron chi connectivity index (χ3n) is 2.58. The zero-order chi connectivity index (χ0) is 13.1. The van der Waals surface area contributed by atoms with E-state index in [0.717, 1.165) is 21.4 Å². The van der Waals surface area contributed by atoms with Gasteiger partial charge in [0.05, 0.1) is 5.69 Å². The number of nitrogens with one attached hydrogen (secondary N) is 1. The number of benzene rings is 1. The van der Waals surface area contributed by atoms with Crippen LogP contribution in [-0.4, -0.2) is 9.97 Å². The van der Waals surface area contributed by atoms with Crippen molar-refractivity contribution in [1.29, 1.82) is 0 Å². The van der Waals surface area contributed by atoms with Crippen LogP contribution < -0.4 is 11.1 Å². The summed E-state index contributed by atoms with van der Waals surface area (Å²) < 4.78 is 1.05. The highest BCUT2D eigenvalue weighted by atomic mass is 79.9. The number of thiocarbonyl (C=S) groups is 1. The zero-order valence-electron chi connectivity index (χ0n) is 9.77. The Hall–Kier alpha value is -1.46. The van der Waals surface area contributed by atoms with Crippen molar-refractivity contribution in [1.82, 2.24) is 4.98 Å². The van der Waals surface area contributed by atoms with Crippen LogP contribution in [0.2, 0.25) is 0 Å². The van der Waals surface area contributed by atoms with Crippen LogP contribution in [0.1, 0.15) is 11.3 Å².